The molecule has 124 valence electrons. The Morgan fingerprint density at radius 1 is 1.18 bits per heavy atom. The van der Waals surface area contributed by atoms with Gasteiger partial charge in [-0.3, -0.25) is 9.59 Å². The van der Waals surface area contributed by atoms with Gasteiger partial charge in [0.1, 0.15) is 0 Å². The normalized spacial score (nSPS) is 27.2. The maximum absolute atomic E-state index is 12.8. The first-order valence-corrected chi connectivity index (χ1v) is 8.41. The lowest BCUT2D eigenvalue weighted by molar-refractivity contribution is -0.135. The van der Waals surface area contributed by atoms with Gasteiger partial charge in [-0.1, -0.05) is 25.5 Å². The fourth-order valence-corrected chi connectivity index (χ4v) is 3.66. The summed E-state index contributed by atoms with van der Waals surface area (Å²) < 4.78 is 0. The fourth-order valence-electron chi connectivity index (χ4n) is 3.66. The molecule has 1 aliphatic heterocycles. The van der Waals surface area contributed by atoms with Crippen molar-refractivity contribution in [3.63, 3.8) is 0 Å². The summed E-state index contributed by atoms with van der Waals surface area (Å²) in [6.07, 6.45) is 4.24. The van der Waals surface area contributed by atoms with E-state index in [0.717, 1.165) is 32.5 Å². The van der Waals surface area contributed by atoms with E-state index in [2.05, 4.69) is 39.1 Å². The Labute approximate surface area is 134 Å². The molecule has 4 nitrogen and oxygen atoms in total. The minimum atomic E-state index is 0.0304. The van der Waals surface area contributed by atoms with Crippen LogP contribution in [0.2, 0.25) is 0 Å². The summed E-state index contributed by atoms with van der Waals surface area (Å²) in [4.78, 5) is 25.8. The Balaban J connectivity index is 1.86. The quantitative estimate of drug-likeness (QED) is 0.812. The maximum atomic E-state index is 12.8. The van der Waals surface area contributed by atoms with Crippen LogP contribution in [0.1, 0.15) is 47.5 Å². The molecule has 0 radical (unpaired) electrons. The third-order valence-corrected chi connectivity index (χ3v) is 5.26. The van der Waals surface area contributed by atoms with Crippen LogP contribution in [-0.2, 0) is 9.59 Å². The van der Waals surface area contributed by atoms with Crippen molar-refractivity contribution in [3.8, 4) is 0 Å². The number of nitrogens with zero attached hydrogens (tertiary/aromatic N) is 1. The highest BCUT2D eigenvalue weighted by Gasteiger charge is 2.61. The SMILES string of the molecule is CC(=O)NCC1CCN(C(=O)[C@H]2[C@H](C=C(C)C)C2(C)C)CC1. The summed E-state index contributed by atoms with van der Waals surface area (Å²) in [5.41, 5.74) is 1.39. The molecule has 2 amide bonds. The van der Waals surface area contributed by atoms with Crippen molar-refractivity contribution in [1.29, 1.82) is 0 Å². The van der Waals surface area contributed by atoms with Gasteiger partial charge < -0.3 is 10.2 Å². The second-order valence-electron chi connectivity index (χ2n) is 7.77. The monoisotopic (exact) mass is 306 g/mol. The van der Waals surface area contributed by atoms with Gasteiger partial charge in [-0.05, 0) is 43.9 Å². The zero-order chi connectivity index (χ0) is 16.5. The third kappa shape index (κ3) is 3.71. The van der Waals surface area contributed by atoms with E-state index in [1.54, 1.807) is 6.92 Å². The van der Waals surface area contributed by atoms with E-state index in [0.29, 0.717) is 17.7 Å². The van der Waals surface area contributed by atoms with Crippen molar-refractivity contribution in [2.45, 2.75) is 47.5 Å². The molecule has 0 aromatic heterocycles. The number of hydrogen-bond donors (Lipinski definition) is 1. The molecular formula is C18H30N2O2. The van der Waals surface area contributed by atoms with Gasteiger partial charge >= 0.3 is 0 Å². The first-order valence-electron chi connectivity index (χ1n) is 8.41. The van der Waals surface area contributed by atoms with Crippen LogP contribution >= 0.6 is 0 Å². The Hall–Kier alpha value is -1.32. The zero-order valence-electron chi connectivity index (χ0n) is 14.6. The van der Waals surface area contributed by atoms with Gasteiger partial charge in [0.15, 0.2) is 0 Å². The lowest BCUT2D eigenvalue weighted by atomic mass is 9.96. The maximum Gasteiger partial charge on any atom is 0.226 e. The Kier molecular flexibility index (Phi) is 4.98. The van der Waals surface area contributed by atoms with Gasteiger partial charge in [0, 0.05) is 26.6 Å². The molecule has 0 aromatic rings. The Morgan fingerprint density at radius 3 is 2.27 bits per heavy atom. The topological polar surface area (TPSA) is 49.4 Å². The van der Waals surface area contributed by atoms with E-state index in [1.165, 1.54) is 5.57 Å². The van der Waals surface area contributed by atoms with Crippen LogP contribution in [0.4, 0.5) is 0 Å². The van der Waals surface area contributed by atoms with Crippen LogP contribution in [0.3, 0.4) is 0 Å². The van der Waals surface area contributed by atoms with Crippen molar-refractivity contribution >= 4 is 11.8 Å². The van der Waals surface area contributed by atoms with Crippen molar-refractivity contribution < 1.29 is 9.59 Å². The summed E-state index contributed by atoms with van der Waals surface area (Å²) in [7, 11) is 0. The summed E-state index contributed by atoms with van der Waals surface area (Å²) in [5, 5.41) is 2.89. The average molecular weight is 306 g/mol. The molecule has 0 unspecified atom stereocenters. The molecule has 1 saturated carbocycles. The second kappa shape index (κ2) is 6.43. The fraction of sp³-hybridized carbons (Fsp3) is 0.778. The zero-order valence-corrected chi connectivity index (χ0v) is 14.6. The molecule has 1 heterocycles. The molecular weight excluding hydrogens is 276 g/mol. The van der Waals surface area contributed by atoms with E-state index in [1.807, 2.05) is 4.90 Å². The molecule has 1 saturated heterocycles. The highest BCUT2D eigenvalue weighted by molar-refractivity contribution is 5.84. The average Bonchev–Trinajstić information content (AvgIpc) is 2.96. The molecule has 2 fully saturated rings. The summed E-state index contributed by atoms with van der Waals surface area (Å²) >= 11 is 0. The molecule has 2 atom stereocenters. The van der Waals surface area contributed by atoms with Gasteiger partial charge in [-0.15, -0.1) is 0 Å². The number of rotatable bonds is 4. The van der Waals surface area contributed by atoms with E-state index in [9.17, 15) is 9.59 Å². The van der Waals surface area contributed by atoms with Crippen LogP contribution in [0.5, 0.6) is 0 Å². The highest BCUT2D eigenvalue weighted by Crippen LogP contribution is 2.60. The van der Waals surface area contributed by atoms with Gasteiger partial charge in [-0.2, -0.15) is 0 Å². The first kappa shape index (κ1) is 17.0. The number of hydrogen-bond acceptors (Lipinski definition) is 2. The molecule has 0 spiro atoms. The van der Waals surface area contributed by atoms with E-state index in [-0.39, 0.29) is 17.2 Å². The minimum Gasteiger partial charge on any atom is -0.356 e. The number of allylic oxidation sites excluding steroid dienone is 2. The number of nitrogens with one attached hydrogen (secondary N) is 1. The molecule has 0 bridgehead atoms. The lowest BCUT2D eigenvalue weighted by Crippen LogP contribution is -2.42. The second-order valence-corrected chi connectivity index (χ2v) is 7.77. The lowest BCUT2D eigenvalue weighted by Gasteiger charge is -2.32. The third-order valence-electron chi connectivity index (χ3n) is 5.26. The van der Waals surface area contributed by atoms with Gasteiger partial charge in [0.05, 0.1) is 5.92 Å². The van der Waals surface area contributed by atoms with Gasteiger partial charge in [0.2, 0.25) is 11.8 Å². The van der Waals surface area contributed by atoms with Crippen molar-refractivity contribution in [2.75, 3.05) is 19.6 Å². The van der Waals surface area contributed by atoms with E-state index in [4.69, 9.17) is 0 Å². The minimum absolute atomic E-state index is 0.0304. The molecule has 2 rings (SSSR count). The van der Waals surface area contributed by atoms with Crippen molar-refractivity contribution in [3.05, 3.63) is 11.6 Å². The van der Waals surface area contributed by atoms with Crippen molar-refractivity contribution in [1.82, 2.24) is 10.2 Å². The standard InChI is InChI=1S/C18H30N2O2/c1-12(2)10-15-16(18(15,4)5)17(22)20-8-6-14(7-9-20)11-19-13(3)21/h10,14-16H,6-9,11H2,1-5H3,(H,19,21)/t15-,16+/m0/s1. The van der Waals surface area contributed by atoms with Crippen LogP contribution < -0.4 is 5.32 Å². The highest BCUT2D eigenvalue weighted by atomic mass is 16.2. The predicted molar refractivity (Wildman–Crippen MR) is 88.2 cm³/mol. The molecule has 1 N–H and O–H groups in total. The van der Waals surface area contributed by atoms with E-state index < -0.39 is 0 Å². The number of carbonyl (C=O) groups is 2. The number of piperidine rings is 1. The molecule has 4 heteroatoms. The predicted octanol–water partition coefficient (Wildman–Crippen LogP) is 2.60. The Bertz CT molecular complexity index is 469. The number of likely N-dealkylation sites (tertiary alicyclic amines) is 1. The molecule has 0 aromatic carbocycles. The Morgan fingerprint density at radius 2 is 1.77 bits per heavy atom. The van der Waals surface area contributed by atoms with Crippen LogP contribution in [0.25, 0.3) is 0 Å². The molecule has 22 heavy (non-hydrogen) atoms. The van der Waals surface area contributed by atoms with Gasteiger partial charge in [-0.25, -0.2) is 0 Å². The van der Waals surface area contributed by atoms with Crippen LogP contribution in [-0.4, -0.2) is 36.3 Å². The first-order chi connectivity index (χ1) is 10.2. The summed E-state index contributed by atoms with van der Waals surface area (Å²) in [5.74, 6) is 1.40. The summed E-state index contributed by atoms with van der Waals surface area (Å²) in [6, 6.07) is 0. The molecule has 2 aliphatic rings. The van der Waals surface area contributed by atoms with Gasteiger partial charge in [0.25, 0.3) is 0 Å². The van der Waals surface area contributed by atoms with Crippen LogP contribution in [0.15, 0.2) is 11.6 Å². The summed E-state index contributed by atoms with van der Waals surface area (Å²) in [6.45, 7) is 12.6. The number of carbonyl (C=O) groups excluding carboxylic acids is 2. The van der Waals surface area contributed by atoms with Crippen LogP contribution in [0, 0.1) is 23.2 Å². The van der Waals surface area contributed by atoms with E-state index >= 15 is 0 Å². The van der Waals surface area contributed by atoms with Crippen molar-refractivity contribution in [2.24, 2.45) is 23.2 Å². The smallest absolute Gasteiger partial charge is 0.226 e. The largest absolute Gasteiger partial charge is 0.356 e. The number of amides is 2. The molecule has 1 aliphatic carbocycles.